The summed E-state index contributed by atoms with van der Waals surface area (Å²) in [6.07, 6.45) is 0. The molecular weight excluding hydrogens is 633 g/mol. The van der Waals surface area contributed by atoms with Crippen molar-refractivity contribution in [1.82, 2.24) is 0 Å². The molecule has 0 aliphatic carbocycles. The lowest BCUT2D eigenvalue weighted by Crippen LogP contribution is -1.90. The average Bonchev–Trinajstić information content (AvgIpc) is 3.78. The number of hydrogen-bond donors (Lipinski definition) is 0. The topological polar surface area (TPSA) is 26.3 Å². The van der Waals surface area contributed by atoms with Gasteiger partial charge in [-0.1, -0.05) is 121 Å². The number of benzene rings is 10. The molecule has 0 aliphatic heterocycles. The molecule has 0 saturated heterocycles. The van der Waals surface area contributed by atoms with Crippen LogP contribution in [-0.4, -0.2) is 0 Å². The summed E-state index contributed by atoms with van der Waals surface area (Å²) in [5, 5.41) is 17.3. The maximum Gasteiger partial charge on any atom is 0.135 e. The SMILES string of the molecule is c1ccc2c(c1)oc1ccc(-c3ccc4c5ccccc5c5c6cc(-c7ccc8oc9ccccc9c8c7)ccc6c6ccccc6c5c4c3)cc12. The largest absolute Gasteiger partial charge is 0.456 e. The van der Waals surface area contributed by atoms with Crippen molar-refractivity contribution in [3.8, 4) is 22.3 Å². The minimum atomic E-state index is 0.913. The van der Waals surface area contributed by atoms with Crippen molar-refractivity contribution in [2.45, 2.75) is 0 Å². The Morgan fingerprint density at radius 2 is 0.519 bits per heavy atom. The van der Waals surface area contributed by atoms with Gasteiger partial charge in [-0.15, -0.1) is 0 Å². The summed E-state index contributed by atoms with van der Waals surface area (Å²) in [5.41, 5.74) is 8.40. The number of furan rings is 2. The fourth-order valence-electron chi connectivity index (χ4n) is 8.84. The number of para-hydroxylation sites is 2. The van der Waals surface area contributed by atoms with E-state index in [0.29, 0.717) is 0 Å². The van der Waals surface area contributed by atoms with Crippen LogP contribution in [0.15, 0.2) is 179 Å². The molecule has 10 aromatic carbocycles. The summed E-state index contributed by atoms with van der Waals surface area (Å²) < 4.78 is 12.4. The van der Waals surface area contributed by atoms with Crippen molar-refractivity contribution in [2.24, 2.45) is 0 Å². The quantitative estimate of drug-likeness (QED) is 0.173. The first-order valence-electron chi connectivity index (χ1n) is 17.8. The smallest absolute Gasteiger partial charge is 0.135 e. The first-order valence-corrected chi connectivity index (χ1v) is 17.8. The molecule has 2 nitrogen and oxygen atoms in total. The van der Waals surface area contributed by atoms with E-state index in [0.717, 1.165) is 43.9 Å². The normalized spacial score (nSPS) is 12.2. The Balaban J connectivity index is 1.18. The van der Waals surface area contributed by atoms with Gasteiger partial charge in [0.05, 0.1) is 0 Å². The van der Waals surface area contributed by atoms with Crippen LogP contribution in [0.4, 0.5) is 0 Å². The molecule has 0 fully saturated rings. The first kappa shape index (κ1) is 27.9. The Labute approximate surface area is 297 Å². The summed E-state index contributed by atoms with van der Waals surface area (Å²) in [6, 6.07) is 61.6. The van der Waals surface area contributed by atoms with E-state index in [1.54, 1.807) is 0 Å². The molecule has 2 heteroatoms. The Morgan fingerprint density at radius 3 is 0.962 bits per heavy atom. The highest BCUT2D eigenvalue weighted by Crippen LogP contribution is 2.46. The predicted octanol–water partition coefficient (Wildman–Crippen LogP) is 14.6. The lowest BCUT2D eigenvalue weighted by Gasteiger charge is -2.18. The number of fused-ring (bicyclic) bond motifs is 17. The van der Waals surface area contributed by atoms with E-state index in [-0.39, 0.29) is 0 Å². The lowest BCUT2D eigenvalue weighted by atomic mass is 9.85. The van der Waals surface area contributed by atoms with Crippen LogP contribution in [-0.2, 0) is 0 Å². The van der Waals surface area contributed by atoms with Crippen LogP contribution in [0.25, 0.3) is 120 Å². The Kier molecular flexibility index (Phi) is 5.53. The summed E-state index contributed by atoms with van der Waals surface area (Å²) in [5.74, 6) is 0. The van der Waals surface area contributed by atoms with E-state index in [9.17, 15) is 0 Å². The predicted molar refractivity (Wildman–Crippen MR) is 219 cm³/mol. The van der Waals surface area contributed by atoms with E-state index in [1.807, 2.05) is 24.3 Å². The van der Waals surface area contributed by atoms with E-state index >= 15 is 0 Å². The Bertz CT molecular complexity index is 3240. The molecule has 0 aliphatic rings. The molecule has 0 amide bonds. The molecule has 0 bridgehead atoms. The van der Waals surface area contributed by atoms with Crippen LogP contribution in [0.1, 0.15) is 0 Å². The second-order valence-electron chi connectivity index (χ2n) is 14.0. The standard InChI is InChI=1S/C50H28O2/c1-3-13-39-33(9-1)35-21-17-29(31-19-23-47-41(25-31)37-11-5-7-15-45(37)51-47)27-43(35)50-40-14-4-2-10-34(40)36-22-18-30(28-44(36)49(39)50)32-20-24-48-42(26-32)38-12-6-8-16-46(38)52-48/h1-28H. The summed E-state index contributed by atoms with van der Waals surface area (Å²) in [7, 11) is 0. The van der Waals surface area contributed by atoms with Gasteiger partial charge in [0.15, 0.2) is 0 Å². The molecule has 0 unspecified atom stereocenters. The minimum Gasteiger partial charge on any atom is -0.456 e. The second kappa shape index (κ2) is 10.3. The van der Waals surface area contributed by atoms with Gasteiger partial charge in [0.25, 0.3) is 0 Å². The third-order valence-electron chi connectivity index (χ3n) is 11.2. The van der Waals surface area contributed by atoms with E-state index in [4.69, 9.17) is 8.83 Å². The molecule has 12 rings (SSSR count). The van der Waals surface area contributed by atoms with Crippen LogP contribution in [0, 0.1) is 0 Å². The molecule has 2 heterocycles. The molecular formula is C50H28O2. The van der Waals surface area contributed by atoms with E-state index < -0.39 is 0 Å². The van der Waals surface area contributed by atoms with Crippen molar-refractivity contribution in [1.29, 1.82) is 0 Å². The molecule has 52 heavy (non-hydrogen) atoms. The van der Waals surface area contributed by atoms with Crippen LogP contribution in [0.2, 0.25) is 0 Å². The summed E-state index contributed by atoms with van der Waals surface area (Å²) in [4.78, 5) is 0. The van der Waals surface area contributed by atoms with Gasteiger partial charge < -0.3 is 8.83 Å². The fourth-order valence-corrected chi connectivity index (χ4v) is 8.84. The molecule has 240 valence electrons. The highest BCUT2D eigenvalue weighted by Gasteiger charge is 2.18. The molecule has 12 aromatic rings. The van der Waals surface area contributed by atoms with Crippen LogP contribution < -0.4 is 0 Å². The highest BCUT2D eigenvalue weighted by atomic mass is 16.3. The van der Waals surface area contributed by atoms with Gasteiger partial charge in [-0.25, -0.2) is 0 Å². The monoisotopic (exact) mass is 660 g/mol. The van der Waals surface area contributed by atoms with E-state index in [1.165, 1.54) is 76.1 Å². The third kappa shape index (κ3) is 3.84. The molecule has 2 aromatic heterocycles. The number of rotatable bonds is 2. The maximum atomic E-state index is 6.18. The Hall–Kier alpha value is -6.90. The van der Waals surface area contributed by atoms with Crippen LogP contribution in [0.5, 0.6) is 0 Å². The minimum absolute atomic E-state index is 0.913. The zero-order chi connectivity index (χ0) is 33.9. The zero-order valence-electron chi connectivity index (χ0n) is 28.0. The van der Waals surface area contributed by atoms with Crippen LogP contribution >= 0.6 is 0 Å². The summed E-state index contributed by atoms with van der Waals surface area (Å²) >= 11 is 0. The maximum absolute atomic E-state index is 6.18. The van der Waals surface area contributed by atoms with Crippen molar-refractivity contribution in [2.75, 3.05) is 0 Å². The van der Waals surface area contributed by atoms with Gasteiger partial charge in [0.2, 0.25) is 0 Å². The first-order chi connectivity index (χ1) is 25.8. The van der Waals surface area contributed by atoms with E-state index in [2.05, 4.69) is 146 Å². The lowest BCUT2D eigenvalue weighted by molar-refractivity contribution is 0.668. The molecule has 0 saturated carbocycles. The van der Waals surface area contributed by atoms with Gasteiger partial charge in [-0.3, -0.25) is 0 Å². The van der Waals surface area contributed by atoms with Crippen LogP contribution in [0.3, 0.4) is 0 Å². The third-order valence-corrected chi connectivity index (χ3v) is 11.2. The van der Waals surface area contributed by atoms with Crippen molar-refractivity contribution >= 4 is 97.7 Å². The second-order valence-corrected chi connectivity index (χ2v) is 14.0. The van der Waals surface area contributed by atoms with Gasteiger partial charge in [-0.2, -0.15) is 0 Å². The molecule has 0 spiro atoms. The Morgan fingerprint density at radius 1 is 0.212 bits per heavy atom. The summed E-state index contributed by atoms with van der Waals surface area (Å²) in [6.45, 7) is 0. The highest BCUT2D eigenvalue weighted by molar-refractivity contribution is 6.39. The van der Waals surface area contributed by atoms with Gasteiger partial charge in [-0.05, 0) is 125 Å². The molecule has 0 atom stereocenters. The van der Waals surface area contributed by atoms with Crippen molar-refractivity contribution < 1.29 is 8.83 Å². The van der Waals surface area contributed by atoms with Gasteiger partial charge >= 0.3 is 0 Å². The molecule has 0 N–H and O–H groups in total. The fraction of sp³-hybridized carbons (Fsp3) is 0. The van der Waals surface area contributed by atoms with Gasteiger partial charge in [0, 0.05) is 21.5 Å². The van der Waals surface area contributed by atoms with Gasteiger partial charge in [0.1, 0.15) is 22.3 Å². The zero-order valence-corrected chi connectivity index (χ0v) is 28.0. The van der Waals surface area contributed by atoms with Crippen molar-refractivity contribution in [3.63, 3.8) is 0 Å². The van der Waals surface area contributed by atoms with Crippen molar-refractivity contribution in [3.05, 3.63) is 170 Å². The number of hydrogen-bond acceptors (Lipinski definition) is 2. The average molecular weight is 661 g/mol. The molecule has 0 radical (unpaired) electrons.